The van der Waals surface area contributed by atoms with Crippen molar-refractivity contribution in [2.24, 2.45) is 5.92 Å². The molecule has 7 nitrogen and oxygen atoms in total. The Hall–Kier alpha value is -4.10. The van der Waals surface area contributed by atoms with Crippen molar-refractivity contribution in [2.75, 3.05) is 19.6 Å². The number of aliphatic hydroxyl groups excluding tert-OH is 1. The average Bonchev–Trinajstić information content (AvgIpc) is 3.39. The number of piperidine rings is 1. The molecular weight excluding hydrogens is 590 g/mol. The molecule has 0 spiro atoms. The highest BCUT2D eigenvalue weighted by molar-refractivity contribution is 6.00. The fourth-order valence-electron chi connectivity index (χ4n) is 5.31. The lowest BCUT2D eigenvalue weighted by Gasteiger charge is -2.35. The number of aliphatic hydroxyl groups is 1. The van der Waals surface area contributed by atoms with Gasteiger partial charge in [0.2, 0.25) is 0 Å². The zero-order valence-corrected chi connectivity index (χ0v) is 23.6. The molecule has 1 aliphatic rings. The number of rotatable bonds is 8. The number of carbonyl (C=O) groups is 1. The maximum absolute atomic E-state index is 12.8. The molecular formula is C31H30F6N4O3. The molecule has 0 aliphatic carbocycles. The van der Waals surface area contributed by atoms with E-state index in [-0.39, 0.29) is 17.2 Å². The number of alkyl halides is 6. The molecule has 1 saturated heterocycles. The number of ether oxygens (including phenoxy) is 1. The van der Waals surface area contributed by atoms with Gasteiger partial charge in [-0.25, -0.2) is 0 Å². The minimum Gasteiger partial charge on any atom is -0.457 e. The van der Waals surface area contributed by atoms with Crippen LogP contribution in [0, 0.1) is 12.8 Å². The Bertz CT molecular complexity index is 1590. The normalized spacial score (nSPS) is 15.8. The molecule has 1 amide bonds. The fourth-order valence-corrected chi connectivity index (χ4v) is 5.31. The number of halogens is 6. The zero-order chi connectivity index (χ0) is 31.6. The summed E-state index contributed by atoms with van der Waals surface area (Å²) in [6, 6.07) is 14.2. The van der Waals surface area contributed by atoms with Crippen LogP contribution in [0.3, 0.4) is 0 Å². The van der Waals surface area contributed by atoms with Crippen LogP contribution in [0.5, 0.6) is 11.5 Å². The van der Waals surface area contributed by atoms with Crippen LogP contribution in [0.2, 0.25) is 0 Å². The van der Waals surface area contributed by atoms with Crippen LogP contribution in [0.25, 0.3) is 10.9 Å². The summed E-state index contributed by atoms with van der Waals surface area (Å²) in [7, 11) is 0. The molecule has 3 aromatic carbocycles. The van der Waals surface area contributed by atoms with Crippen LogP contribution < -0.4 is 10.1 Å². The monoisotopic (exact) mass is 620 g/mol. The molecule has 13 heteroatoms. The first kappa shape index (κ1) is 31.3. The fraction of sp³-hybridized carbons (Fsp3) is 0.355. The smallest absolute Gasteiger partial charge is 0.416 e. The van der Waals surface area contributed by atoms with Gasteiger partial charge in [-0.2, -0.15) is 31.4 Å². The van der Waals surface area contributed by atoms with Gasteiger partial charge in [-0.05, 0) is 85.3 Å². The number of benzene rings is 3. The maximum Gasteiger partial charge on any atom is 0.416 e. The van der Waals surface area contributed by atoms with Crippen LogP contribution in [-0.4, -0.2) is 51.5 Å². The number of amides is 1. The van der Waals surface area contributed by atoms with E-state index >= 15 is 0 Å². The highest BCUT2D eigenvalue weighted by Gasteiger charge is 2.30. The Morgan fingerprint density at radius 3 is 2.18 bits per heavy atom. The Balaban J connectivity index is 1.14. The van der Waals surface area contributed by atoms with Crippen LogP contribution in [-0.2, 0) is 12.7 Å². The number of nitrogens with zero attached hydrogens (tertiary/aromatic N) is 3. The number of aryl methyl sites for hydroxylation is 1. The molecule has 1 unspecified atom stereocenters. The lowest BCUT2D eigenvalue weighted by Crippen LogP contribution is -2.37. The van der Waals surface area contributed by atoms with E-state index in [2.05, 4.69) is 5.10 Å². The Morgan fingerprint density at radius 2 is 1.59 bits per heavy atom. The van der Waals surface area contributed by atoms with Crippen LogP contribution >= 0.6 is 0 Å². The van der Waals surface area contributed by atoms with E-state index in [1.54, 1.807) is 48.1 Å². The van der Waals surface area contributed by atoms with Crippen molar-refractivity contribution < 1.29 is 41.0 Å². The van der Waals surface area contributed by atoms with Crippen LogP contribution in [0.4, 0.5) is 26.3 Å². The van der Waals surface area contributed by atoms with E-state index in [9.17, 15) is 36.2 Å². The second-order valence-corrected chi connectivity index (χ2v) is 10.9. The number of hydrogen-bond acceptors (Lipinski definition) is 5. The first-order valence-corrected chi connectivity index (χ1v) is 14.0. The summed E-state index contributed by atoms with van der Waals surface area (Å²) in [6.45, 7) is 2.17. The van der Waals surface area contributed by atoms with Gasteiger partial charge in [0.25, 0.3) is 5.91 Å². The first-order valence-electron chi connectivity index (χ1n) is 14.0. The molecule has 44 heavy (non-hydrogen) atoms. The largest absolute Gasteiger partial charge is 0.457 e. The molecule has 0 bridgehead atoms. The minimum absolute atomic E-state index is 0.169. The van der Waals surface area contributed by atoms with Gasteiger partial charge in [-0.15, -0.1) is 0 Å². The SMILES string of the molecule is Cc1c(C(=O)NCC(F)(F)F)ccc2nn(CC3CCN(C(O)c4ccc(Oc5ccc(C(F)(F)F)cc5)cc4)CC3)cc12. The number of nitrogens with one attached hydrogen (secondary N) is 1. The summed E-state index contributed by atoms with van der Waals surface area (Å²) in [5.41, 5.74) is 1.27. The maximum atomic E-state index is 12.8. The molecule has 1 atom stereocenters. The molecule has 1 fully saturated rings. The van der Waals surface area contributed by atoms with Crippen LogP contribution in [0.1, 0.15) is 46.1 Å². The quantitative estimate of drug-likeness (QED) is 0.211. The van der Waals surface area contributed by atoms with E-state index in [1.165, 1.54) is 18.2 Å². The summed E-state index contributed by atoms with van der Waals surface area (Å²) in [5.74, 6) is 0.180. The van der Waals surface area contributed by atoms with Crippen molar-refractivity contribution >= 4 is 16.8 Å². The lowest BCUT2D eigenvalue weighted by atomic mass is 9.96. The molecule has 2 N–H and O–H groups in total. The van der Waals surface area contributed by atoms with Gasteiger partial charge in [-0.3, -0.25) is 14.4 Å². The highest BCUT2D eigenvalue weighted by Crippen LogP contribution is 2.32. The number of hydrogen-bond donors (Lipinski definition) is 2. The molecule has 1 aliphatic heterocycles. The molecule has 234 valence electrons. The zero-order valence-electron chi connectivity index (χ0n) is 23.6. The Labute approximate surface area is 249 Å². The summed E-state index contributed by atoms with van der Waals surface area (Å²) in [4.78, 5) is 14.3. The van der Waals surface area contributed by atoms with Crippen molar-refractivity contribution in [3.63, 3.8) is 0 Å². The predicted molar refractivity (Wildman–Crippen MR) is 150 cm³/mol. The third-order valence-corrected chi connectivity index (χ3v) is 7.74. The summed E-state index contributed by atoms with van der Waals surface area (Å²) >= 11 is 0. The van der Waals surface area contributed by atoms with E-state index in [0.717, 1.165) is 25.0 Å². The minimum atomic E-state index is -4.50. The van der Waals surface area contributed by atoms with Gasteiger partial charge in [0.05, 0.1) is 11.1 Å². The van der Waals surface area contributed by atoms with Crippen molar-refractivity contribution in [1.82, 2.24) is 20.0 Å². The molecule has 5 rings (SSSR count). The topological polar surface area (TPSA) is 79.6 Å². The van der Waals surface area contributed by atoms with Gasteiger partial charge in [0.15, 0.2) is 0 Å². The highest BCUT2D eigenvalue weighted by atomic mass is 19.4. The average molecular weight is 621 g/mol. The number of fused-ring (bicyclic) bond motifs is 1. The van der Waals surface area contributed by atoms with Gasteiger partial charge < -0.3 is 15.2 Å². The van der Waals surface area contributed by atoms with Gasteiger partial charge in [-0.1, -0.05) is 12.1 Å². The Kier molecular flexibility index (Phi) is 8.89. The molecule has 0 radical (unpaired) electrons. The van der Waals surface area contributed by atoms with Crippen molar-refractivity contribution in [3.05, 3.63) is 89.1 Å². The summed E-state index contributed by atoms with van der Waals surface area (Å²) in [5, 5.41) is 18.1. The van der Waals surface area contributed by atoms with Crippen molar-refractivity contribution in [3.8, 4) is 11.5 Å². The van der Waals surface area contributed by atoms with Gasteiger partial charge in [0.1, 0.15) is 24.3 Å². The van der Waals surface area contributed by atoms with Gasteiger partial charge in [0, 0.05) is 36.8 Å². The molecule has 2 heterocycles. The second-order valence-electron chi connectivity index (χ2n) is 10.9. The summed E-state index contributed by atoms with van der Waals surface area (Å²) in [6.07, 6.45) is -6.35. The van der Waals surface area contributed by atoms with E-state index < -0.39 is 36.6 Å². The van der Waals surface area contributed by atoms with Gasteiger partial charge >= 0.3 is 12.4 Å². The van der Waals surface area contributed by atoms with E-state index in [0.29, 0.717) is 47.4 Å². The third kappa shape index (κ3) is 7.51. The Morgan fingerprint density at radius 1 is 0.977 bits per heavy atom. The predicted octanol–water partition coefficient (Wildman–Crippen LogP) is 6.85. The third-order valence-electron chi connectivity index (χ3n) is 7.74. The van der Waals surface area contributed by atoms with E-state index in [1.807, 2.05) is 10.2 Å². The lowest BCUT2D eigenvalue weighted by molar-refractivity contribution is -0.137. The number of aromatic nitrogens is 2. The van der Waals surface area contributed by atoms with Crippen molar-refractivity contribution in [1.29, 1.82) is 0 Å². The standard InChI is InChI=1S/C31H30F6N4O3/c1-19-25(28(42)38-18-30(32,33)34)10-11-27-26(19)17-41(39-27)16-20-12-14-40(15-13-20)29(43)21-2-6-23(7-3-21)44-24-8-4-22(5-9-24)31(35,36)37/h2-11,17,20,29,43H,12-16,18H2,1H3,(H,38,42). The number of carbonyl (C=O) groups excluding carboxylic acids is 1. The first-order chi connectivity index (χ1) is 20.8. The van der Waals surface area contributed by atoms with Crippen molar-refractivity contribution in [2.45, 2.75) is 44.9 Å². The second kappa shape index (κ2) is 12.5. The van der Waals surface area contributed by atoms with E-state index in [4.69, 9.17) is 4.74 Å². The molecule has 0 saturated carbocycles. The molecule has 1 aromatic heterocycles. The molecule has 4 aromatic rings. The number of likely N-dealkylation sites (tertiary alicyclic amines) is 1. The summed E-state index contributed by atoms with van der Waals surface area (Å²) < 4.78 is 83.2. The van der Waals surface area contributed by atoms with Crippen LogP contribution in [0.15, 0.2) is 66.9 Å².